The molecule has 0 aliphatic heterocycles. The number of alkyl halides is 1. The standard InChI is InChI=1S/C6H4F2IN/c7-2-4-1-6(9)5(8)3-10-4/h1,3H,2H2. The molecular weight excluding hydrogens is 251 g/mol. The summed E-state index contributed by atoms with van der Waals surface area (Å²) in [6.45, 7) is -0.643. The van der Waals surface area contributed by atoms with Crippen LogP contribution in [0.15, 0.2) is 12.3 Å². The molecule has 0 amide bonds. The van der Waals surface area contributed by atoms with E-state index in [0.717, 1.165) is 6.20 Å². The normalized spacial score (nSPS) is 9.90. The van der Waals surface area contributed by atoms with Crippen molar-refractivity contribution in [3.05, 3.63) is 27.3 Å². The first kappa shape index (κ1) is 7.84. The number of pyridine rings is 1. The van der Waals surface area contributed by atoms with Crippen LogP contribution >= 0.6 is 22.6 Å². The summed E-state index contributed by atoms with van der Waals surface area (Å²) in [6.07, 6.45) is 1.02. The Balaban J connectivity index is 3.04. The summed E-state index contributed by atoms with van der Waals surface area (Å²) >= 11 is 1.79. The van der Waals surface area contributed by atoms with E-state index in [2.05, 4.69) is 4.98 Å². The third-order valence-electron chi connectivity index (χ3n) is 1.00. The molecule has 0 unspecified atom stereocenters. The zero-order valence-corrected chi connectivity index (χ0v) is 7.10. The lowest BCUT2D eigenvalue weighted by Crippen LogP contribution is -1.89. The van der Waals surface area contributed by atoms with Gasteiger partial charge in [0.1, 0.15) is 6.67 Å². The Morgan fingerprint density at radius 3 is 2.80 bits per heavy atom. The molecule has 0 spiro atoms. The molecule has 0 atom stereocenters. The summed E-state index contributed by atoms with van der Waals surface area (Å²) in [6, 6.07) is 1.38. The average Bonchev–Trinajstić information content (AvgIpc) is 1.95. The quantitative estimate of drug-likeness (QED) is 0.701. The molecule has 1 aromatic heterocycles. The van der Waals surface area contributed by atoms with E-state index in [1.165, 1.54) is 6.07 Å². The molecule has 10 heavy (non-hydrogen) atoms. The average molecular weight is 255 g/mol. The molecule has 0 N–H and O–H groups in total. The summed E-state index contributed by atoms with van der Waals surface area (Å²) in [5.74, 6) is -0.405. The zero-order chi connectivity index (χ0) is 7.56. The van der Waals surface area contributed by atoms with Crippen molar-refractivity contribution < 1.29 is 8.78 Å². The fourth-order valence-electron chi connectivity index (χ4n) is 0.527. The van der Waals surface area contributed by atoms with Crippen LogP contribution in [0.3, 0.4) is 0 Å². The molecule has 0 aromatic carbocycles. The maximum atomic E-state index is 12.4. The highest BCUT2D eigenvalue weighted by molar-refractivity contribution is 14.1. The van der Waals surface area contributed by atoms with Gasteiger partial charge in [-0.25, -0.2) is 8.78 Å². The van der Waals surface area contributed by atoms with Gasteiger partial charge >= 0.3 is 0 Å². The molecule has 4 heteroatoms. The first-order valence-corrected chi connectivity index (χ1v) is 3.68. The monoisotopic (exact) mass is 255 g/mol. The number of hydrogen-bond donors (Lipinski definition) is 0. The molecule has 1 heterocycles. The molecule has 1 rings (SSSR count). The fraction of sp³-hybridized carbons (Fsp3) is 0.167. The van der Waals surface area contributed by atoms with Gasteiger partial charge < -0.3 is 0 Å². The van der Waals surface area contributed by atoms with Gasteiger partial charge in [-0.2, -0.15) is 0 Å². The Bertz CT molecular complexity index is 239. The van der Waals surface area contributed by atoms with Crippen LogP contribution in [0.25, 0.3) is 0 Å². The van der Waals surface area contributed by atoms with E-state index in [-0.39, 0.29) is 5.69 Å². The molecule has 0 aliphatic carbocycles. The van der Waals surface area contributed by atoms with Gasteiger partial charge in [0.25, 0.3) is 0 Å². The van der Waals surface area contributed by atoms with E-state index in [0.29, 0.717) is 3.57 Å². The molecular formula is C6H4F2IN. The van der Waals surface area contributed by atoms with Gasteiger partial charge in [0.05, 0.1) is 15.5 Å². The summed E-state index contributed by atoms with van der Waals surface area (Å²) in [5, 5.41) is 0. The Labute approximate surface area is 70.6 Å². The summed E-state index contributed by atoms with van der Waals surface area (Å²) in [7, 11) is 0. The minimum atomic E-state index is -0.643. The van der Waals surface area contributed by atoms with Crippen molar-refractivity contribution in [3.63, 3.8) is 0 Å². The smallest absolute Gasteiger partial charge is 0.154 e. The third-order valence-corrected chi connectivity index (χ3v) is 1.83. The number of nitrogens with zero attached hydrogens (tertiary/aromatic N) is 1. The molecule has 0 aliphatic rings. The molecule has 54 valence electrons. The van der Waals surface area contributed by atoms with Crippen LogP contribution < -0.4 is 0 Å². The number of aromatic nitrogens is 1. The number of hydrogen-bond acceptors (Lipinski definition) is 1. The van der Waals surface area contributed by atoms with E-state index in [4.69, 9.17) is 0 Å². The first-order valence-electron chi connectivity index (χ1n) is 2.60. The van der Waals surface area contributed by atoms with Crippen molar-refractivity contribution in [2.45, 2.75) is 6.67 Å². The zero-order valence-electron chi connectivity index (χ0n) is 4.94. The van der Waals surface area contributed by atoms with E-state index in [1.807, 2.05) is 0 Å². The van der Waals surface area contributed by atoms with Gasteiger partial charge in [0.2, 0.25) is 0 Å². The van der Waals surface area contributed by atoms with Crippen LogP contribution in [-0.4, -0.2) is 4.98 Å². The maximum absolute atomic E-state index is 12.4. The van der Waals surface area contributed by atoms with Crippen molar-refractivity contribution in [2.24, 2.45) is 0 Å². The van der Waals surface area contributed by atoms with Gasteiger partial charge in [-0.1, -0.05) is 0 Å². The molecule has 0 saturated heterocycles. The Morgan fingerprint density at radius 1 is 1.60 bits per heavy atom. The van der Waals surface area contributed by atoms with E-state index in [9.17, 15) is 8.78 Å². The van der Waals surface area contributed by atoms with Gasteiger partial charge in [0, 0.05) is 0 Å². The van der Waals surface area contributed by atoms with Crippen LogP contribution in [0, 0.1) is 9.39 Å². The minimum Gasteiger partial charge on any atom is -0.255 e. The highest BCUT2D eigenvalue weighted by Gasteiger charge is 1.99. The molecule has 0 saturated carbocycles. The lowest BCUT2D eigenvalue weighted by atomic mass is 10.4. The van der Waals surface area contributed by atoms with Gasteiger partial charge in [-0.15, -0.1) is 0 Å². The van der Waals surface area contributed by atoms with Crippen molar-refractivity contribution >= 4 is 22.6 Å². The SMILES string of the molecule is FCc1cc(I)c(F)cn1. The van der Waals surface area contributed by atoms with Crippen LogP contribution in [0.4, 0.5) is 8.78 Å². The predicted octanol–water partition coefficient (Wildman–Crippen LogP) is 2.29. The molecule has 0 bridgehead atoms. The Kier molecular flexibility index (Phi) is 2.53. The highest BCUT2D eigenvalue weighted by Crippen LogP contribution is 2.10. The topological polar surface area (TPSA) is 12.9 Å². The van der Waals surface area contributed by atoms with E-state index >= 15 is 0 Å². The second kappa shape index (κ2) is 3.23. The minimum absolute atomic E-state index is 0.269. The van der Waals surface area contributed by atoms with E-state index in [1.54, 1.807) is 22.6 Å². The van der Waals surface area contributed by atoms with Gasteiger partial charge in [-0.05, 0) is 28.7 Å². The maximum Gasteiger partial charge on any atom is 0.154 e. The third kappa shape index (κ3) is 1.62. The molecule has 0 fully saturated rings. The lowest BCUT2D eigenvalue weighted by molar-refractivity contribution is 0.473. The fourth-order valence-corrected chi connectivity index (χ4v) is 1.03. The number of rotatable bonds is 1. The van der Waals surface area contributed by atoms with Gasteiger partial charge in [0.15, 0.2) is 5.82 Å². The van der Waals surface area contributed by atoms with Crippen molar-refractivity contribution in [3.8, 4) is 0 Å². The van der Waals surface area contributed by atoms with Crippen LogP contribution in [-0.2, 0) is 6.67 Å². The molecule has 0 radical (unpaired) electrons. The second-order valence-electron chi connectivity index (χ2n) is 1.72. The summed E-state index contributed by atoms with van der Waals surface area (Å²) in [4.78, 5) is 3.50. The first-order chi connectivity index (χ1) is 4.74. The van der Waals surface area contributed by atoms with E-state index < -0.39 is 12.5 Å². The molecule has 1 aromatic rings. The highest BCUT2D eigenvalue weighted by atomic mass is 127. The van der Waals surface area contributed by atoms with Gasteiger partial charge in [-0.3, -0.25) is 4.98 Å². The molecule has 1 nitrogen and oxygen atoms in total. The van der Waals surface area contributed by atoms with Crippen LogP contribution in [0.2, 0.25) is 0 Å². The van der Waals surface area contributed by atoms with Crippen molar-refractivity contribution in [2.75, 3.05) is 0 Å². The number of halogens is 3. The van der Waals surface area contributed by atoms with Crippen molar-refractivity contribution in [1.82, 2.24) is 4.98 Å². The van der Waals surface area contributed by atoms with Crippen LogP contribution in [0.5, 0.6) is 0 Å². The summed E-state index contributed by atoms with van der Waals surface area (Å²) in [5.41, 5.74) is 0.269. The lowest BCUT2D eigenvalue weighted by Gasteiger charge is -1.94. The van der Waals surface area contributed by atoms with Crippen LogP contribution in [0.1, 0.15) is 5.69 Å². The van der Waals surface area contributed by atoms with Crippen molar-refractivity contribution in [1.29, 1.82) is 0 Å². The Morgan fingerprint density at radius 2 is 2.30 bits per heavy atom. The summed E-state index contributed by atoms with van der Waals surface area (Å²) < 4.78 is 24.7. The second-order valence-corrected chi connectivity index (χ2v) is 2.89. The predicted molar refractivity (Wildman–Crippen MR) is 41.7 cm³/mol. The Hall–Kier alpha value is -0.260. The largest absolute Gasteiger partial charge is 0.255 e.